The van der Waals surface area contributed by atoms with Gasteiger partial charge in [-0.2, -0.15) is 4.98 Å². The number of rotatable bonds is 8. The predicted octanol–water partition coefficient (Wildman–Crippen LogP) is 0.410. The van der Waals surface area contributed by atoms with E-state index < -0.39 is 0 Å². The Kier molecular flexibility index (Phi) is 5.93. The summed E-state index contributed by atoms with van der Waals surface area (Å²) in [5.74, 6) is 2.09. The first-order valence-corrected chi connectivity index (χ1v) is 12.5. The van der Waals surface area contributed by atoms with Crippen LogP contribution in [0, 0.1) is 11.3 Å². The number of nitrogens with two attached hydrogens (primary N) is 2. The monoisotopic (exact) mass is 481 g/mol. The van der Waals surface area contributed by atoms with E-state index in [4.69, 9.17) is 20.2 Å². The third-order valence-electron chi connectivity index (χ3n) is 7.77. The minimum atomic E-state index is -0.174. The second kappa shape index (κ2) is 9.23. The van der Waals surface area contributed by atoms with Gasteiger partial charge in [0.25, 0.3) is 0 Å². The molecule has 4 aliphatic rings. The van der Waals surface area contributed by atoms with Crippen molar-refractivity contribution in [1.29, 1.82) is 0 Å². The minimum Gasteiger partial charge on any atom is -0.492 e. The van der Waals surface area contributed by atoms with Crippen LogP contribution in [0.5, 0.6) is 5.75 Å². The molecule has 2 aromatic rings. The number of aromatic nitrogens is 2. The van der Waals surface area contributed by atoms with Gasteiger partial charge < -0.3 is 20.5 Å². The number of anilines is 3. The van der Waals surface area contributed by atoms with Crippen LogP contribution in [0.1, 0.15) is 25.7 Å². The third kappa shape index (κ3) is 4.64. The maximum atomic E-state index is 11.6. The first-order chi connectivity index (χ1) is 17.1. The number of carbonyl (C=O) groups excluding carboxylic acids is 1. The number of benzene rings is 1. The summed E-state index contributed by atoms with van der Waals surface area (Å²) in [4.78, 5) is 23.2. The fourth-order valence-electron chi connectivity index (χ4n) is 5.54. The fourth-order valence-corrected chi connectivity index (χ4v) is 5.54. The number of nitrogens with one attached hydrogen (secondary N) is 2. The molecule has 2 aliphatic heterocycles. The van der Waals surface area contributed by atoms with E-state index >= 15 is 0 Å². The van der Waals surface area contributed by atoms with Gasteiger partial charge in [-0.25, -0.2) is 15.4 Å². The van der Waals surface area contributed by atoms with Gasteiger partial charge in [0.05, 0.1) is 25.1 Å². The third-order valence-corrected chi connectivity index (χ3v) is 7.77. The normalized spacial score (nSPS) is 27.7. The molecule has 6 N–H and O–H groups in total. The van der Waals surface area contributed by atoms with Crippen LogP contribution in [0.2, 0.25) is 0 Å². The van der Waals surface area contributed by atoms with Gasteiger partial charge >= 0.3 is 0 Å². The number of carbonyl (C=O) groups is 1. The summed E-state index contributed by atoms with van der Waals surface area (Å²) in [5.41, 5.74) is 12.8. The van der Waals surface area contributed by atoms with Crippen LogP contribution >= 0.6 is 0 Å². The number of nitrogens with zero attached hydrogens (tertiary/aromatic N) is 4. The summed E-state index contributed by atoms with van der Waals surface area (Å²) < 4.78 is 11.3. The summed E-state index contributed by atoms with van der Waals surface area (Å²) >= 11 is 0. The second-order valence-corrected chi connectivity index (χ2v) is 9.98. The van der Waals surface area contributed by atoms with Crippen LogP contribution in [0.3, 0.4) is 0 Å². The highest BCUT2D eigenvalue weighted by atomic mass is 16.5. The summed E-state index contributed by atoms with van der Waals surface area (Å²) in [6, 6.07) is 8.31. The van der Waals surface area contributed by atoms with Crippen molar-refractivity contribution in [3.05, 3.63) is 30.5 Å². The van der Waals surface area contributed by atoms with Crippen molar-refractivity contribution in [2.24, 2.45) is 17.1 Å². The number of hydrazine groups is 1. The average molecular weight is 482 g/mol. The highest BCUT2D eigenvalue weighted by Crippen LogP contribution is 2.60. The van der Waals surface area contributed by atoms with Gasteiger partial charge in [0.1, 0.15) is 12.4 Å². The average Bonchev–Trinajstić information content (AvgIpc) is 3.19. The van der Waals surface area contributed by atoms with E-state index in [2.05, 4.69) is 20.7 Å². The number of amides is 1. The van der Waals surface area contributed by atoms with Crippen LogP contribution in [0.4, 0.5) is 23.1 Å². The van der Waals surface area contributed by atoms with E-state index in [0.717, 1.165) is 81.5 Å². The summed E-state index contributed by atoms with van der Waals surface area (Å²) in [7, 11) is 0. The van der Waals surface area contributed by atoms with Crippen LogP contribution in [-0.2, 0) is 9.53 Å². The topological polar surface area (TPSA) is 134 Å². The van der Waals surface area contributed by atoms with Crippen LogP contribution in [0.15, 0.2) is 30.5 Å². The molecule has 1 aromatic heterocycles. The highest BCUT2D eigenvalue weighted by molar-refractivity contribution is 5.77. The molecule has 11 heteroatoms. The van der Waals surface area contributed by atoms with Gasteiger partial charge in [-0.15, -0.1) is 0 Å². The number of fused-ring (bicyclic) bond motifs is 1. The van der Waals surface area contributed by atoms with Gasteiger partial charge in [-0.1, -0.05) is 5.53 Å². The van der Waals surface area contributed by atoms with E-state index in [0.29, 0.717) is 18.6 Å². The Morgan fingerprint density at radius 1 is 1.29 bits per heavy atom. The SMILES string of the molecule is NC(=O)[C@@H]1CC[C@@]2(CC2Nc2ncc3c(n2)N(c2ccc(OCCN4CCOCC4)cc2)N[NH2+]3)C1. The van der Waals surface area contributed by atoms with E-state index in [1.165, 1.54) is 0 Å². The zero-order valence-corrected chi connectivity index (χ0v) is 19.8. The van der Waals surface area contributed by atoms with Gasteiger partial charge in [-0.05, 0) is 55.4 Å². The Morgan fingerprint density at radius 2 is 2.11 bits per heavy atom. The van der Waals surface area contributed by atoms with Gasteiger partial charge in [0.15, 0.2) is 0 Å². The Morgan fingerprint density at radius 3 is 2.89 bits per heavy atom. The molecule has 3 fully saturated rings. The molecule has 0 radical (unpaired) electrons. The molecule has 1 saturated heterocycles. The smallest absolute Gasteiger partial charge is 0.225 e. The van der Waals surface area contributed by atoms with Gasteiger partial charge in [0.2, 0.25) is 23.4 Å². The number of ether oxygens (including phenoxy) is 2. The van der Waals surface area contributed by atoms with E-state index in [1.807, 2.05) is 40.9 Å². The lowest BCUT2D eigenvalue weighted by Crippen LogP contribution is -2.87. The molecule has 2 aliphatic carbocycles. The highest BCUT2D eigenvalue weighted by Gasteiger charge is 2.58. The standard InChI is InChI=1S/C24H32N8O3/c25-21(33)16-5-6-24(13-16)14-20(24)27-23-26-15-19-22(28-23)32(30-29-19)17-1-3-18(4-2-17)35-12-9-31-7-10-34-11-8-31/h1-4,15-16,20,29-30H,5-14H2,(H2,25,33)(H,26,27,28)/p+1/t16-,20?,24+/m1/s1. The molecule has 11 nitrogen and oxygen atoms in total. The van der Waals surface area contributed by atoms with Crippen LogP contribution in [0.25, 0.3) is 0 Å². The first kappa shape index (κ1) is 22.5. The Hall–Kier alpha value is -2.99. The lowest BCUT2D eigenvalue weighted by molar-refractivity contribution is -0.624. The van der Waals surface area contributed by atoms with Crippen molar-refractivity contribution in [2.45, 2.75) is 31.7 Å². The van der Waals surface area contributed by atoms with Crippen molar-refractivity contribution in [3.63, 3.8) is 0 Å². The van der Waals surface area contributed by atoms with Crippen molar-refractivity contribution >= 4 is 29.0 Å². The van der Waals surface area contributed by atoms with E-state index in [9.17, 15) is 4.79 Å². The fraction of sp³-hybridized carbons (Fsp3) is 0.542. The Balaban J connectivity index is 1.06. The first-order valence-electron chi connectivity index (χ1n) is 12.5. The summed E-state index contributed by atoms with van der Waals surface area (Å²) in [6.45, 7) is 5.09. The van der Waals surface area contributed by atoms with Gasteiger partial charge in [0, 0.05) is 31.6 Å². The Bertz CT molecular complexity index is 1080. The van der Waals surface area contributed by atoms with Crippen molar-refractivity contribution in [3.8, 4) is 5.75 Å². The Labute approximate surface area is 204 Å². The van der Waals surface area contributed by atoms with Crippen molar-refractivity contribution < 1.29 is 19.7 Å². The number of hydrogen-bond donors (Lipinski definition) is 4. The summed E-state index contributed by atoms with van der Waals surface area (Å²) in [6.07, 6.45) is 5.66. The maximum Gasteiger partial charge on any atom is 0.225 e. The summed E-state index contributed by atoms with van der Waals surface area (Å²) in [5, 5.41) is 5.44. The van der Waals surface area contributed by atoms with Crippen molar-refractivity contribution in [2.75, 3.05) is 49.8 Å². The molecule has 1 unspecified atom stereocenters. The number of quaternary nitrogens is 1. The lowest BCUT2D eigenvalue weighted by Gasteiger charge is -2.26. The van der Waals surface area contributed by atoms with Crippen molar-refractivity contribution in [1.82, 2.24) is 20.4 Å². The van der Waals surface area contributed by atoms with E-state index in [1.54, 1.807) is 0 Å². The molecule has 3 atom stereocenters. The molecular weight excluding hydrogens is 448 g/mol. The molecule has 6 rings (SSSR count). The van der Waals surface area contributed by atoms with Crippen LogP contribution in [-0.4, -0.2) is 66.3 Å². The van der Waals surface area contributed by atoms with Gasteiger partial charge in [-0.3, -0.25) is 9.69 Å². The molecular formula is C24H33N8O3+. The number of hydrogen-bond acceptors (Lipinski definition) is 9. The largest absolute Gasteiger partial charge is 0.492 e. The maximum absolute atomic E-state index is 11.6. The predicted molar refractivity (Wildman–Crippen MR) is 129 cm³/mol. The molecule has 35 heavy (non-hydrogen) atoms. The molecule has 1 spiro atoms. The number of morpholine rings is 1. The molecule has 1 aromatic carbocycles. The van der Waals surface area contributed by atoms with E-state index in [-0.39, 0.29) is 17.2 Å². The van der Waals surface area contributed by atoms with Crippen LogP contribution < -0.4 is 31.8 Å². The molecule has 186 valence electrons. The quantitative estimate of drug-likeness (QED) is 0.396. The number of primary amides is 1. The molecule has 2 saturated carbocycles. The molecule has 0 bridgehead atoms. The molecule has 1 amide bonds. The zero-order chi connectivity index (χ0) is 23.8. The molecule has 3 heterocycles. The minimum absolute atomic E-state index is 0.00310. The zero-order valence-electron chi connectivity index (χ0n) is 19.8. The second-order valence-electron chi connectivity index (χ2n) is 9.98. The lowest BCUT2D eigenvalue weighted by atomic mass is 10.0.